The van der Waals surface area contributed by atoms with Crippen LogP contribution < -0.4 is 4.90 Å². The molecule has 0 saturated carbocycles. The maximum absolute atomic E-state index is 11.4. The topological polar surface area (TPSA) is 40.5 Å². The summed E-state index contributed by atoms with van der Waals surface area (Å²) in [5.41, 5.74) is 3.42. The van der Waals surface area contributed by atoms with Gasteiger partial charge in [0.1, 0.15) is 0 Å². The molecule has 108 valence electrons. The van der Waals surface area contributed by atoms with Crippen molar-refractivity contribution in [2.24, 2.45) is 0 Å². The van der Waals surface area contributed by atoms with Crippen LogP contribution >= 0.6 is 11.6 Å². The number of rotatable bonds is 3. The summed E-state index contributed by atoms with van der Waals surface area (Å²) in [6.07, 6.45) is 1.78. The molecule has 3 nitrogen and oxygen atoms in total. The third kappa shape index (κ3) is 2.74. The van der Waals surface area contributed by atoms with Crippen LogP contribution in [0.5, 0.6) is 0 Å². The Labute approximate surface area is 128 Å². The predicted molar refractivity (Wildman–Crippen MR) is 84.2 cm³/mol. The first-order valence-corrected chi connectivity index (χ1v) is 7.38. The van der Waals surface area contributed by atoms with Crippen LogP contribution in [0.25, 0.3) is 0 Å². The summed E-state index contributed by atoms with van der Waals surface area (Å²) < 4.78 is 0. The zero-order valence-electron chi connectivity index (χ0n) is 11.6. The lowest BCUT2D eigenvalue weighted by Gasteiger charge is -2.32. The minimum absolute atomic E-state index is 0.413. The minimum atomic E-state index is -0.855. The van der Waals surface area contributed by atoms with Crippen LogP contribution in [-0.2, 0) is 13.0 Å². The van der Waals surface area contributed by atoms with Gasteiger partial charge in [-0.05, 0) is 42.2 Å². The van der Waals surface area contributed by atoms with Gasteiger partial charge in [0.25, 0.3) is 0 Å². The Morgan fingerprint density at radius 1 is 1.19 bits per heavy atom. The molecular weight excluding hydrogens is 286 g/mol. The number of hydrogen-bond donors (Lipinski definition) is 1. The van der Waals surface area contributed by atoms with Gasteiger partial charge in [-0.2, -0.15) is 0 Å². The van der Waals surface area contributed by atoms with Gasteiger partial charge in [-0.3, -0.25) is 0 Å². The third-order valence-corrected chi connectivity index (χ3v) is 4.26. The van der Waals surface area contributed by atoms with Gasteiger partial charge in [-0.1, -0.05) is 35.9 Å². The van der Waals surface area contributed by atoms with E-state index in [1.54, 1.807) is 6.07 Å². The van der Waals surface area contributed by atoms with E-state index in [9.17, 15) is 9.90 Å². The highest BCUT2D eigenvalue weighted by Crippen LogP contribution is 2.32. The molecule has 1 heterocycles. The highest BCUT2D eigenvalue weighted by atomic mass is 35.5. The van der Waals surface area contributed by atoms with Crippen molar-refractivity contribution in [3.63, 3.8) is 0 Å². The largest absolute Gasteiger partial charge is 0.478 e. The third-order valence-electron chi connectivity index (χ3n) is 3.90. The van der Waals surface area contributed by atoms with Gasteiger partial charge in [0.05, 0.1) is 5.56 Å². The van der Waals surface area contributed by atoms with Gasteiger partial charge in [0.15, 0.2) is 0 Å². The van der Waals surface area contributed by atoms with Gasteiger partial charge in [0, 0.05) is 23.8 Å². The first-order valence-electron chi connectivity index (χ1n) is 7.00. The molecule has 0 amide bonds. The van der Waals surface area contributed by atoms with E-state index < -0.39 is 5.97 Å². The maximum atomic E-state index is 11.4. The van der Waals surface area contributed by atoms with Crippen molar-refractivity contribution in [3.05, 3.63) is 64.2 Å². The molecular formula is C17H16ClNO2. The van der Waals surface area contributed by atoms with Crippen LogP contribution in [0.1, 0.15) is 27.9 Å². The summed E-state index contributed by atoms with van der Waals surface area (Å²) >= 11 is 6.23. The van der Waals surface area contributed by atoms with Gasteiger partial charge >= 0.3 is 5.97 Å². The second-order valence-electron chi connectivity index (χ2n) is 5.22. The normalized spacial score (nSPS) is 13.9. The average Bonchev–Trinajstić information content (AvgIpc) is 2.49. The maximum Gasteiger partial charge on any atom is 0.336 e. The van der Waals surface area contributed by atoms with Crippen molar-refractivity contribution in [2.45, 2.75) is 19.4 Å². The van der Waals surface area contributed by atoms with Crippen LogP contribution in [0.2, 0.25) is 5.02 Å². The number of benzene rings is 2. The molecule has 0 fully saturated rings. The van der Waals surface area contributed by atoms with Crippen LogP contribution in [0, 0.1) is 0 Å². The molecule has 0 unspecified atom stereocenters. The molecule has 0 bridgehead atoms. The SMILES string of the molecule is O=C(O)c1cccc2c1CCCN2Cc1ccccc1Cl. The Morgan fingerprint density at radius 3 is 2.76 bits per heavy atom. The molecule has 4 heteroatoms. The lowest BCUT2D eigenvalue weighted by Crippen LogP contribution is -2.30. The van der Waals surface area contributed by atoms with Crippen LogP contribution in [0.4, 0.5) is 5.69 Å². The number of carboxylic acid groups (broad SMARTS) is 1. The van der Waals surface area contributed by atoms with E-state index in [1.165, 1.54) is 0 Å². The Bertz CT molecular complexity index is 684. The lowest BCUT2D eigenvalue weighted by molar-refractivity contribution is 0.0695. The molecule has 0 aromatic heterocycles. The smallest absolute Gasteiger partial charge is 0.336 e. The Hall–Kier alpha value is -2.00. The molecule has 0 aliphatic carbocycles. The minimum Gasteiger partial charge on any atom is -0.478 e. The summed E-state index contributed by atoms with van der Waals surface area (Å²) in [4.78, 5) is 13.6. The quantitative estimate of drug-likeness (QED) is 0.932. The summed E-state index contributed by atoms with van der Waals surface area (Å²) in [5, 5.41) is 10.1. The monoisotopic (exact) mass is 301 g/mol. The van der Waals surface area contributed by atoms with Crippen LogP contribution in [-0.4, -0.2) is 17.6 Å². The van der Waals surface area contributed by atoms with Gasteiger partial charge in [0.2, 0.25) is 0 Å². The van der Waals surface area contributed by atoms with Crippen molar-refractivity contribution < 1.29 is 9.90 Å². The molecule has 1 N–H and O–H groups in total. The molecule has 0 saturated heterocycles. The van der Waals surface area contributed by atoms with Crippen molar-refractivity contribution >= 4 is 23.3 Å². The number of carboxylic acids is 1. The molecule has 0 radical (unpaired) electrons. The molecule has 21 heavy (non-hydrogen) atoms. The fraction of sp³-hybridized carbons (Fsp3) is 0.235. The first-order chi connectivity index (χ1) is 10.2. The van der Waals surface area contributed by atoms with Crippen molar-refractivity contribution in [1.29, 1.82) is 0 Å². The number of aromatic carboxylic acids is 1. The Balaban J connectivity index is 1.96. The van der Waals surface area contributed by atoms with Gasteiger partial charge < -0.3 is 10.0 Å². The Morgan fingerprint density at radius 2 is 2.00 bits per heavy atom. The van der Waals surface area contributed by atoms with Crippen LogP contribution in [0.15, 0.2) is 42.5 Å². The summed E-state index contributed by atoms with van der Waals surface area (Å²) in [5.74, 6) is -0.855. The standard InChI is InChI=1S/C17H16ClNO2/c18-15-8-2-1-5-12(15)11-19-10-4-7-13-14(17(20)21)6-3-9-16(13)19/h1-3,5-6,8-9H,4,7,10-11H2,(H,20,21). The molecule has 2 aromatic carbocycles. The first kappa shape index (κ1) is 14.0. The van der Waals surface area contributed by atoms with E-state index >= 15 is 0 Å². The second-order valence-corrected chi connectivity index (χ2v) is 5.63. The molecule has 0 spiro atoms. The van der Waals surface area contributed by atoms with E-state index in [0.29, 0.717) is 12.1 Å². The number of carbonyl (C=O) groups is 1. The molecule has 1 aliphatic heterocycles. The number of fused-ring (bicyclic) bond motifs is 1. The van der Waals surface area contributed by atoms with Crippen molar-refractivity contribution in [3.8, 4) is 0 Å². The van der Waals surface area contributed by atoms with E-state index in [4.69, 9.17) is 11.6 Å². The predicted octanol–water partition coefficient (Wildman–Crippen LogP) is 3.99. The summed E-state index contributed by atoms with van der Waals surface area (Å²) in [6, 6.07) is 13.3. The highest BCUT2D eigenvalue weighted by Gasteiger charge is 2.22. The summed E-state index contributed by atoms with van der Waals surface area (Å²) in [7, 11) is 0. The number of hydrogen-bond acceptors (Lipinski definition) is 2. The van der Waals surface area contributed by atoms with Crippen molar-refractivity contribution in [2.75, 3.05) is 11.4 Å². The molecule has 2 aromatic rings. The van der Waals surface area contributed by atoms with Gasteiger partial charge in [-0.15, -0.1) is 0 Å². The van der Waals surface area contributed by atoms with E-state index in [2.05, 4.69) is 4.90 Å². The molecule has 0 atom stereocenters. The zero-order valence-corrected chi connectivity index (χ0v) is 12.3. The van der Waals surface area contributed by atoms with Gasteiger partial charge in [-0.25, -0.2) is 4.79 Å². The van der Waals surface area contributed by atoms with E-state index in [1.807, 2.05) is 36.4 Å². The average molecular weight is 302 g/mol. The number of nitrogens with zero attached hydrogens (tertiary/aromatic N) is 1. The fourth-order valence-electron chi connectivity index (χ4n) is 2.90. The molecule has 3 rings (SSSR count). The zero-order chi connectivity index (χ0) is 14.8. The number of halogens is 1. The Kier molecular flexibility index (Phi) is 3.84. The lowest BCUT2D eigenvalue weighted by atomic mass is 9.96. The van der Waals surface area contributed by atoms with Crippen molar-refractivity contribution in [1.82, 2.24) is 0 Å². The number of anilines is 1. The fourth-order valence-corrected chi connectivity index (χ4v) is 3.09. The summed E-state index contributed by atoms with van der Waals surface area (Å²) in [6.45, 7) is 1.62. The van der Waals surface area contributed by atoms with Crippen LogP contribution in [0.3, 0.4) is 0 Å². The molecule has 1 aliphatic rings. The highest BCUT2D eigenvalue weighted by molar-refractivity contribution is 6.31. The van der Waals surface area contributed by atoms with E-state index in [0.717, 1.165) is 41.2 Å². The van der Waals surface area contributed by atoms with E-state index in [-0.39, 0.29) is 0 Å². The second kappa shape index (κ2) is 5.78.